The maximum absolute atomic E-state index is 11.9. The molecule has 0 saturated carbocycles. The maximum Gasteiger partial charge on any atom is 0.336 e. The van der Waals surface area contributed by atoms with Gasteiger partial charge in [0.25, 0.3) is 0 Å². The van der Waals surface area contributed by atoms with Crippen LogP contribution in [0.25, 0.3) is 11.0 Å². The first kappa shape index (κ1) is 17.6. The lowest BCUT2D eigenvalue weighted by atomic mass is 10.1. The molecule has 0 spiro atoms. The van der Waals surface area contributed by atoms with Gasteiger partial charge in [-0.2, -0.15) is 0 Å². The summed E-state index contributed by atoms with van der Waals surface area (Å²) >= 11 is 1.74. The van der Waals surface area contributed by atoms with E-state index >= 15 is 0 Å². The quantitative estimate of drug-likeness (QED) is 0.545. The number of nitrogens with one attached hydrogen (secondary N) is 1. The molecule has 0 fully saturated rings. The van der Waals surface area contributed by atoms with Gasteiger partial charge < -0.3 is 14.1 Å². The maximum atomic E-state index is 11.9. The predicted octanol–water partition coefficient (Wildman–Crippen LogP) is 2.74. The summed E-state index contributed by atoms with van der Waals surface area (Å²) in [5, 5.41) is 0.956. The third-order valence-corrected chi connectivity index (χ3v) is 4.94. The largest absolute Gasteiger partial charge is 0.497 e. The lowest BCUT2D eigenvalue weighted by Crippen LogP contribution is -3.06. The minimum absolute atomic E-state index is 0.326. The second kappa shape index (κ2) is 7.76. The molecule has 0 radical (unpaired) electrons. The van der Waals surface area contributed by atoms with Crippen molar-refractivity contribution in [1.82, 2.24) is 0 Å². The van der Waals surface area contributed by atoms with E-state index < -0.39 is 0 Å². The summed E-state index contributed by atoms with van der Waals surface area (Å²) in [5.41, 5.74) is 2.52. The van der Waals surface area contributed by atoms with Crippen molar-refractivity contribution in [3.05, 3.63) is 70.1 Å². The molecule has 3 rings (SSSR count). The highest BCUT2D eigenvalue weighted by Gasteiger charge is 2.12. The molecule has 1 unspecified atom stereocenters. The third kappa shape index (κ3) is 4.24. The van der Waals surface area contributed by atoms with E-state index in [4.69, 9.17) is 9.15 Å². The lowest BCUT2D eigenvalue weighted by molar-refractivity contribution is -0.907. The number of quaternary nitrogens is 1. The Morgan fingerprint density at radius 3 is 2.52 bits per heavy atom. The first-order valence-electron chi connectivity index (χ1n) is 8.14. The van der Waals surface area contributed by atoms with Gasteiger partial charge in [-0.3, -0.25) is 0 Å². The summed E-state index contributed by atoms with van der Waals surface area (Å²) in [6, 6.07) is 15.8. The molecule has 0 aliphatic rings. The minimum Gasteiger partial charge on any atom is -0.497 e. The zero-order chi connectivity index (χ0) is 17.8. The van der Waals surface area contributed by atoms with Crippen molar-refractivity contribution in [2.75, 3.05) is 20.4 Å². The number of methoxy groups -OCH3 is 1. The van der Waals surface area contributed by atoms with Crippen LogP contribution in [0.4, 0.5) is 0 Å². The predicted molar refractivity (Wildman–Crippen MR) is 102 cm³/mol. The summed E-state index contributed by atoms with van der Waals surface area (Å²) in [6.45, 7) is 1.64. The SMILES string of the molecule is COc1ccc2c(C[NH+](C)Cc3ccc(SC)cc3)cc(=O)oc2c1. The highest BCUT2D eigenvalue weighted by atomic mass is 32.2. The smallest absolute Gasteiger partial charge is 0.336 e. The number of fused-ring (bicyclic) bond motifs is 1. The van der Waals surface area contributed by atoms with Crippen LogP contribution < -0.4 is 15.3 Å². The molecule has 0 bridgehead atoms. The average molecular weight is 356 g/mol. The third-order valence-electron chi connectivity index (χ3n) is 4.19. The summed E-state index contributed by atoms with van der Waals surface area (Å²) in [5.74, 6) is 0.683. The van der Waals surface area contributed by atoms with E-state index in [1.165, 1.54) is 15.4 Å². The van der Waals surface area contributed by atoms with Gasteiger partial charge >= 0.3 is 5.63 Å². The van der Waals surface area contributed by atoms with Gasteiger partial charge in [0.05, 0.1) is 14.2 Å². The summed E-state index contributed by atoms with van der Waals surface area (Å²) < 4.78 is 10.5. The Labute approximate surface area is 151 Å². The Morgan fingerprint density at radius 1 is 1.08 bits per heavy atom. The molecule has 1 heterocycles. The number of hydrogen-bond donors (Lipinski definition) is 1. The van der Waals surface area contributed by atoms with E-state index in [-0.39, 0.29) is 5.63 Å². The van der Waals surface area contributed by atoms with Crippen LogP contribution in [0.2, 0.25) is 0 Å². The fourth-order valence-electron chi connectivity index (χ4n) is 2.96. The Hall–Kier alpha value is -2.24. The van der Waals surface area contributed by atoms with Crippen LogP contribution in [-0.4, -0.2) is 20.4 Å². The summed E-state index contributed by atoms with van der Waals surface area (Å²) in [7, 11) is 3.73. The second-order valence-electron chi connectivity index (χ2n) is 6.11. The van der Waals surface area contributed by atoms with E-state index in [0.29, 0.717) is 11.3 Å². The first-order valence-corrected chi connectivity index (χ1v) is 9.36. The molecule has 0 saturated heterocycles. The van der Waals surface area contributed by atoms with Crippen LogP contribution in [0.15, 0.2) is 62.6 Å². The second-order valence-corrected chi connectivity index (χ2v) is 6.99. The lowest BCUT2D eigenvalue weighted by Gasteiger charge is -2.15. The van der Waals surface area contributed by atoms with E-state index in [1.54, 1.807) is 31.0 Å². The molecule has 1 atom stereocenters. The van der Waals surface area contributed by atoms with Gasteiger partial charge in [-0.25, -0.2) is 4.79 Å². The van der Waals surface area contributed by atoms with Gasteiger partial charge in [0, 0.05) is 33.5 Å². The van der Waals surface area contributed by atoms with E-state index in [0.717, 1.165) is 24.0 Å². The molecular weight excluding hydrogens is 334 g/mol. The highest BCUT2D eigenvalue weighted by Crippen LogP contribution is 2.22. The first-order chi connectivity index (χ1) is 12.1. The van der Waals surface area contributed by atoms with Crippen LogP contribution >= 0.6 is 11.8 Å². The van der Waals surface area contributed by atoms with Gasteiger partial charge in [0.2, 0.25) is 0 Å². The fourth-order valence-corrected chi connectivity index (χ4v) is 3.37. The minimum atomic E-state index is -0.326. The molecule has 0 aliphatic carbocycles. The molecule has 3 aromatic rings. The molecule has 0 aliphatic heterocycles. The molecule has 2 aromatic carbocycles. The molecule has 0 amide bonds. The van der Waals surface area contributed by atoms with Crippen LogP contribution in [0, 0.1) is 0 Å². The van der Waals surface area contributed by atoms with Gasteiger partial charge in [0.15, 0.2) is 0 Å². The van der Waals surface area contributed by atoms with Gasteiger partial charge in [0.1, 0.15) is 24.4 Å². The summed E-state index contributed by atoms with van der Waals surface area (Å²) in [6.07, 6.45) is 2.08. The van der Waals surface area contributed by atoms with Crippen molar-refractivity contribution in [2.45, 2.75) is 18.0 Å². The molecule has 1 aromatic heterocycles. The van der Waals surface area contributed by atoms with Crippen molar-refractivity contribution in [1.29, 1.82) is 0 Å². The Morgan fingerprint density at radius 2 is 1.84 bits per heavy atom. The van der Waals surface area contributed by atoms with Crippen molar-refractivity contribution < 1.29 is 14.1 Å². The number of benzene rings is 2. The molecule has 4 nitrogen and oxygen atoms in total. The molecule has 5 heteroatoms. The van der Waals surface area contributed by atoms with Crippen molar-refractivity contribution in [3.63, 3.8) is 0 Å². The Balaban J connectivity index is 1.82. The van der Waals surface area contributed by atoms with Crippen molar-refractivity contribution >= 4 is 22.7 Å². The van der Waals surface area contributed by atoms with E-state index in [1.807, 2.05) is 12.1 Å². The van der Waals surface area contributed by atoms with Crippen molar-refractivity contribution in [3.8, 4) is 5.75 Å². The number of hydrogen-bond acceptors (Lipinski definition) is 4. The van der Waals surface area contributed by atoms with Crippen molar-refractivity contribution in [2.24, 2.45) is 0 Å². The Kier molecular flexibility index (Phi) is 5.46. The summed E-state index contributed by atoms with van der Waals surface area (Å²) in [4.78, 5) is 14.5. The average Bonchev–Trinajstić information content (AvgIpc) is 2.61. The fraction of sp³-hybridized carbons (Fsp3) is 0.250. The van der Waals surface area contributed by atoms with Gasteiger partial charge in [-0.05, 0) is 30.5 Å². The Bertz CT molecular complexity index is 918. The topological polar surface area (TPSA) is 43.9 Å². The molecular formula is C20H22NO3S+. The van der Waals surface area contributed by atoms with Gasteiger partial charge in [-0.15, -0.1) is 11.8 Å². The molecule has 130 valence electrons. The highest BCUT2D eigenvalue weighted by molar-refractivity contribution is 7.98. The standard InChI is InChI=1S/C20H21NO3S/c1-21(12-14-4-7-17(25-3)8-5-14)13-15-10-20(22)24-19-11-16(23-2)6-9-18(15)19/h4-11H,12-13H2,1-3H3/p+1. The van der Waals surface area contributed by atoms with E-state index in [9.17, 15) is 4.79 Å². The number of thioether (sulfide) groups is 1. The van der Waals surface area contributed by atoms with Crippen LogP contribution in [0.5, 0.6) is 5.75 Å². The van der Waals surface area contributed by atoms with E-state index in [2.05, 4.69) is 37.6 Å². The van der Waals surface area contributed by atoms with Gasteiger partial charge in [-0.1, -0.05) is 12.1 Å². The van der Waals surface area contributed by atoms with Crippen LogP contribution in [0.1, 0.15) is 11.1 Å². The molecule has 25 heavy (non-hydrogen) atoms. The van der Waals surface area contributed by atoms with Crippen LogP contribution in [0.3, 0.4) is 0 Å². The zero-order valence-electron chi connectivity index (χ0n) is 14.7. The normalized spacial score (nSPS) is 12.3. The zero-order valence-corrected chi connectivity index (χ0v) is 15.5. The van der Waals surface area contributed by atoms with Crippen LogP contribution in [-0.2, 0) is 13.1 Å². The number of ether oxygens (including phenoxy) is 1. The monoisotopic (exact) mass is 356 g/mol. The molecule has 1 N–H and O–H groups in total. The number of rotatable bonds is 6.